The number of hydrogen-bond acceptors (Lipinski definition) is 7. The molecule has 4 N–H and O–H groups in total. The third-order valence-electron chi connectivity index (χ3n) is 3.19. The van der Waals surface area contributed by atoms with Crippen LogP contribution in [0.1, 0.15) is 22.8 Å². The zero-order valence-corrected chi connectivity index (χ0v) is 15.2. The fraction of sp³-hybridized carbons (Fsp3) is 0.158. The molecule has 2 rings (SSSR count). The van der Waals surface area contributed by atoms with Crippen molar-refractivity contribution in [3.05, 3.63) is 59.7 Å². The largest absolute Gasteiger partial charge is 0.463 e. The lowest BCUT2D eigenvalue weighted by Crippen LogP contribution is -2.21. The van der Waals surface area contributed by atoms with Crippen LogP contribution in [0.25, 0.3) is 0 Å². The predicted octanol–water partition coefficient (Wildman–Crippen LogP) is 1.72. The molecule has 0 atom stereocenters. The Kier molecular flexibility index (Phi) is 7.53. The van der Waals surface area contributed by atoms with Gasteiger partial charge in [0.25, 0.3) is 0 Å². The van der Waals surface area contributed by atoms with Crippen molar-refractivity contribution < 1.29 is 23.9 Å². The van der Waals surface area contributed by atoms with Gasteiger partial charge in [-0.05, 0) is 48.9 Å². The maximum Gasteiger partial charge on any atom is 0.347 e. The number of ether oxygens (including phenoxy) is 2. The molecule has 2 aromatic carbocycles. The van der Waals surface area contributed by atoms with Gasteiger partial charge in [-0.2, -0.15) is 0 Å². The van der Waals surface area contributed by atoms with Crippen LogP contribution in [0.2, 0.25) is 0 Å². The molecule has 28 heavy (non-hydrogen) atoms. The fourth-order valence-electron chi connectivity index (χ4n) is 2.04. The van der Waals surface area contributed by atoms with Gasteiger partial charge >= 0.3 is 11.9 Å². The van der Waals surface area contributed by atoms with E-state index in [1.807, 2.05) is 0 Å². The van der Waals surface area contributed by atoms with Gasteiger partial charge in [0.2, 0.25) is 6.61 Å². The molecule has 0 saturated heterocycles. The van der Waals surface area contributed by atoms with E-state index in [-0.39, 0.29) is 19.2 Å². The number of esters is 2. The molecular weight excluding hydrogens is 364 g/mol. The van der Waals surface area contributed by atoms with Gasteiger partial charge in [-0.15, -0.1) is 0 Å². The van der Waals surface area contributed by atoms with E-state index in [1.165, 1.54) is 6.21 Å². The van der Waals surface area contributed by atoms with Gasteiger partial charge in [0.15, 0.2) is 5.96 Å². The molecule has 9 heteroatoms. The van der Waals surface area contributed by atoms with Crippen LogP contribution >= 0.6 is 0 Å². The van der Waals surface area contributed by atoms with E-state index < -0.39 is 11.9 Å². The Balaban J connectivity index is 1.95. The van der Waals surface area contributed by atoms with Crippen molar-refractivity contribution in [2.45, 2.75) is 6.92 Å². The van der Waals surface area contributed by atoms with Crippen LogP contribution in [-0.4, -0.2) is 37.3 Å². The maximum atomic E-state index is 12.2. The highest BCUT2D eigenvalue weighted by molar-refractivity contribution is 5.92. The van der Waals surface area contributed by atoms with Gasteiger partial charge in [0.05, 0.1) is 24.1 Å². The number of nitrogens with two attached hydrogens (primary N) is 2. The summed E-state index contributed by atoms with van der Waals surface area (Å²) in [5, 5.41) is 3.68. The van der Waals surface area contributed by atoms with Crippen LogP contribution in [0.15, 0.2) is 58.7 Å². The van der Waals surface area contributed by atoms with Crippen LogP contribution in [0.3, 0.4) is 0 Å². The minimum atomic E-state index is -0.538. The minimum Gasteiger partial charge on any atom is -0.463 e. The maximum absolute atomic E-state index is 12.2. The second kappa shape index (κ2) is 10.3. The molecule has 0 aliphatic rings. The van der Waals surface area contributed by atoms with Crippen molar-refractivity contribution in [3.63, 3.8) is 0 Å². The molecule has 0 unspecified atom stereocenters. The summed E-state index contributed by atoms with van der Waals surface area (Å²) in [5.74, 6) is -0.787. The molecule has 2 aromatic rings. The van der Waals surface area contributed by atoms with Crippen molar-refractivity contribution in [2.75, 3.05) is 13.2 Å². The number of aliphatic imine (C=N–C) groups is 1. The van der Waals surface area contributed by atoms with Crippen molar-refractivity contribution in [2.24, 2.45) is 21.6 Å². The zero-order chi connectivity index (χ0) is 20.4. The van der Waals surface area contributed by atoms with Gasteiger partial charge in [-0.25, -0.2) is 14.6 Å². The molecule has 0 aromatic heterocycles. The van der Waals surface area contributed by atoms with E-state index in [2.05, 4.69) is 10.1 Å². The van der Waals surface area contributed by atoms with Crippen molar-refractivity contribution in [3.8, 4) is 5.75 Å². The Morgan fingerprint density at radius 1 is 1.11 bits per heavy atom. The Morgan fingerprint density at radius 3 is 2.54 bits per heavy atom. The molecule has 0 fully saturated rings. The lowest BCUT2D eigenvalue weighted by Gasteiger charge is -2.05. The van der Waals surface area contributed by atoms with Gasteiger partial charge in [-0.1, -0.05) is 17.3 Å². The molecule has 0 radical (unpaired) electrons. The first kappa shape index (κ1) is 20.4. The third-order valence-corrected chi connectivity index (χ3v) is 3.19. The molecule has 0 saturated carbocycles. The number of oxime groups is 1. The predicted molar refractivity (Wildman–Crippen MR) is 103 cm³/mol. The molecule has 0 heterocycles. The molecule has 0 aliphatic heterocycles. The van der Waals surface area contributed by atoms with Crippen molar-refractivity contribution in [1.82, 2.24) is 0 Å². The smallest absolute Gasteiger partial charge is 0.347 e. The topological polar surface area (TPSA) is 139 Å². The van der Waals surface area contributed by atoms with E-state index in [1.54, 1.807) is 55.5 Å². The zero-order valence-electron chi connectivity index (χ0n) is 15.2. The summed E-state index contributed by atoms with van der Waals surface area (Å²) in [4.78, 5) is 32.1. The Hall–Kier alpha value is -3.88. The fourth-order valence-corrected chi connectivity index (χ4v) is 2.04. The van der Waals surface area contributed by atoms with Crippen LogP contribution in [0, 0.1) is 0 Å². The highest BCUT2D eigenvalue weighted by atomic mass is 16.6. The summed E-state index contributed by atoms with van der Waals surface area (Å²) in [6.45, 7) is 1.69. The van der Waals surface area contributed by atoms with Gasteiger partial charge in [0, 0.05) is 0 Å². The molecule has 9 nitrogen and oxygen atoms in total. The van der Waals surface area contributed by atoms with Crippen LogP contribution in [0.4, 0.5) is 5.69 Å². The van der Waals surface area contributed by atoms with Gasteiger partial charge in [0.1, 0.15) is 5.75 Å². The Morgan fingerprint density at radius 2 is 1.86 bits per heavy atom. The standard InChI is InChI=1S/C19H20N4O5/c1-2-26-17(24)12-27-22-11-13-4-3-5-16(10-13)28-18(25)14-6-8-15(9-7-14)23-19(20)21/h3-11H,2,12H2,1H3,(H4,20,21,23)/b22-11+. The van der Waals surface area contributed by atoms with E-state index in [4.69, 9.17) is 25.8 Å². The number of benzene rings is 2. The molecule has 0 amide bonds. The summed E-state index contributed by atoms with van der Waals surface area (Å²) in [5.41, 5.74) is 12.1. The van der Waals surface area contributed by atoms with E-state index in [0.29, 0.717) is 22.6 Å². The van der Waals surface area contributed by atoms with Crippen molar-refractivity contribution in [1.29, 1.82) is 0 Å². The second-order valence-corrected chi connectivity index (χ2v) is 5.36. The molecular formula is C19H20N4O5. The number of guanidine groups is 1. The highest BCUT2D eigenvalue weighted by Crippen LogP contribution is 2.17. The molecule has 0 spiro atoms. The summed E-state index contributed by atoms with van der Waals surface area (Å²) in [6.07, 6.45) is 1.39. The van der Waals surface area contributed by atoms with E-state index >= 15 is 0 Å². The Labute approximate surface area is 161 Å². The molecule has 0 bridgehead atoms. The number of rotatable bonds is 8. The lowest BCUT2D eigenvalue weighted by atomic mass is 10.2. The molecule has 0 aliphatic carbocycles. The number of hydrogen-bond donors (Lipinski definition) is 2. The summed E-state index contributed by atoms with van der Waals surface area (Å²) in [7, 11) is 0. The van der Waals surface area contributed by atoms with Crippen LogP contribution < -0.4 is 16.2 Å². The SMILES string of the molecule is CCOC(=O)CO/N=C/c1cccc(OC(=O)c2ccc(N=C(N)N)cc2)c1. The quantitative estimate of drug-likeness (QED) is 0.232. The van der Waals surface area contributed by atoms with Gasteiger partial charge < -0.3 is 25.8 Å². The average molecular weight is 384 g/mol. The number of carbonyl (C=O) groups excluding carboxylic acids is 2. The first-order valence-corrected chi connectivity index (χ1v) is 8.31. The second-order valence-electron chi connectivity index (χ2n) is 5.36. The summed E-state index contributed by atoms with van der Waals surface area (Å²) >= 11 is 0. The van der Waals surface area contributed by atoms with Crippen LogP contribution in [-0.2, 0) is 14.4 Å². The van der Waals surface area contributed by atoms with E-state index in [0.717, 1.165) is 0 Å². The monoisotopic (exact) mass is 384 g/mol. The first-order valence-electron chi connectivity index (χ1n) is 8.31. The lowest BCUT2D eigenvalue weighted by molar-refractivity contribution is -0.148. The average Bonchev–Trinajstić information content (AvgIpc) is 2.66. The summed E-state index contributed by atoms with van der Waals surface area (Å²) in [6, 6.07) is 13.0. The van der Waals surface area contributed by atoms with Gasteiger partial charge in [-0.3, -0.25) is 0 Å². The van der Waals surface area contributed by atoms with Crippen LogP contribution in [0.5, 0.6) is 5.75 Å². The van der Waals surface area contributed by atoms with Crippen molar-refractivity contribution >= 4 is 29.8 Å². The normalized spacial score (nSPS) is 10.3. The third kappa shape index (κ3) is 6.79. The molecule has 146 valence electrons. The summed E-state index contributed by atoms with van der Waals surface area (Å²) < 4.78 is 10.0. The number of nitrogens with zero attached hydrogens (tertiary/aromatic N) is 2. The number of carbonyl (C=O) groups is 2. The highest BCUT2D eigenvalue weighted by Gasteiger charge is 2.09. The minimum absolute atomic E-state index is 0.0694. The Bertz CT molecular complexity index is 874. The van der Waals surface area contributed by atoms with E-state index in [9.17, 15) is 9.59 Å². The first-order chi connectivity index (χ1) is 13.5.